The molecule has 4 nitrogen and oxygen atoms in total. The lowest BCUT2D eigenvalue weighted by molar-refractivity contribution is 0.463. The van der Waals surface area contributed by atoms with Crippen LogP contribution in [-0.2, 0) is 6.54 Å². The Morgan fingerprint density at radius 2 is 2.14 bits per heavy atom. The van der Waals surface area contributed by atoms with Crippen molar-refractivity contribution in [2.75, 3.05) is 5.32 Å². The van der Waals surface area contributed by atoms with Crippen molar-refractivity contribution < 1.29 is 4.39 Å². The molecule has 0 aliphatic heterocycles. The van der Waals surface area contributed by atoms with E-state index in [0.29, 0.717) is 23.8 Å². The number of hydrogen-bond acceptors (Lipinski definition) is 3. The van der Waals surface area contributed by atoms with Crippen molar-refractivity contribution >= 4 is 5.69 Å². The SMILES string of the molecule is N#Cc1ccc(NCc2ccn(C3CCCC3)n2)c(F)c1. The maximum atomic E-state index is 13.8. The van der Waals surface area contributed by atoms with Gasteiger partial charge in [0.25, 0.3) is 0 Å². The van der Waals surface area contributed by atoms with E-state index < -0.39 is 5.82 Å². The van der Waals surface area contributed by atoms with Crippen LogP contribution in [0.25, 0.3) is 0 Å². The molecule has 0 bridgehead atoms. The standard InChI is InChI=1S/C16H17FN4/c17-15-9-12(10-18)5-6-16(15)19-11-13-7-8-21(20-13)14-3-1-2-4-14/h5-9,14,19H,1-4,11H2. The number of nitriles is 1. The fourth-order valence-corrected chi connectivity index (χ4v) is 2.76. The molecule has 0 unspecified atom stereocenters. The minimum atomic E-state index is -0.413. The molecule has 1 aliphatic rings. The first-order chi connectivity index (χ1) is 10.3. The number of hydrogen-bond donors (Lipinski definition) is 1. The van der Waals surface area contributed by atoms with Crippen molar-refractivity contribution in [3.05, 3.63) is 47.5 Å². The summed E-state index contributed by atoms with van der Waals surface area (Å²) >= 11 is 0. The number of rotatable bonds is 4. The normalized spacial score (nSPS) is 15.0. The van der Waals surface area contributed by atoms with Gasteiger partial charge in [-0.1, -0.05) is 12.8 Å². The van der Waals surface area contributed by atoms with E-state index in [1.165, 1.54) is 31.7 Å². The van der Waals surface area contributed by atoms with E-state index in [-0.39, 0.29) is 0 Å². The highest BCUT2D eigenvalue weighted by atomic mass is 19.1. The van der Waals surface area contributed by atoms with Gasteiger partial charge >= 0.3 is 0 Å². The van der Waals surface area contributed by atoms with Gasteiger partial charge in [-0.3, -0.25) is 4.68 Å². The number of benzene rings is 1. The Labute approximate surface area is 123 Å². The summed E-state index contributed by atoms with van der Waals surface area (Å²) in [6.07, 6.45) is 6.93. The molecule has 5 heteroatoms. The number of nitrogens with zero attached hydrogens (tertiary/aromatic N) is 3. The lowest BCUT2D eigenvalue weighted by Crippen LogP contribution is -2.07. The Bertz CT molecular complexity index is 665. The van der Waals surface area contributed by atoms with Crippen molar-refractivity contribution in [1.82, 2.24) is 9.78 Å². The minimum Gasteiger partial charge on any atom is -0.377 e. The first kappa shape index (κ1) is 13.6. The Hall–Kier alpha value is -2.35. The molecular weight excluding hydrogens is 267 g/mol. The van der Waals surface area contributed by atoms with Crippen LogP contribution in [0.4, 0.5) is 10.1 Å². The van der Waals surface area contributed by atoms with Gasteiger partial charge in [-0.2, -0.15) is 10.4 Å². The fourth-order valence-electron chi connectivity index (χ4n) is 2.76. The fraction of sp³-hybridized carbons (Fsp3) is 0.375. The van der Waals surface area contributed by atoms with Gasteiger partial charge in [0.1, 0.15) is 5.82 Å². The smallest absolute Gasteiger partial charge is 0.147 e. The van der Waals surface area contributed by atoms with Crippen LogP contribution in [0, 0.1) is 17.1 Å². The number of anilines is 1. The van der Waals surface area contributed by atoms with Gasteiger partial charge in [0.05, 0.1) is 35.6 Å². The maximum absolute atomic E-state index is 13.8. The van der Waals surface area contributed by atoms with Gasteiger partial charge < -0.3 is 5.32 Å². The summed E-state index contributed by atoms with van der Waals surface area (Å²) in [5, 5.41) is 16.3. The summed E-state index contributed by atoms with van der Waals surface area (Å²) in [7, 11) is 0. The summed E-state index contributed by atoms with van der Waals surface area (Å²) in [4.78, 5) is 0. The monoisotopic (exact) mass is 284 g/mol. The van der Waals surface area contributed by atoms with Gasteiger partial charge in [-0.15, -0.1) is 0 Å². The van der Waals surface area contributed by atoms with Crippen molar-refractivity contribution in [2.24, 2.45) is 0 Å². The molecule has 1 fully saturated rings. The molecule has 21 heavy (non-hydrogen) atoms. The molecule has 0 spiro atoms. The molecule has 2 aromatic rings. The molecule has 1 aromatic carbocycles. The highest BCUT2D eigenvalue weighted by Gasteiger charge is 2.17. The second-order valence-electron chi connectivity index (χ2n) is 5.39. The first-order valence-electron chi connectivity index (χ1n) is 7.24. The molecule has 0 radical (unpaired) electrons. The zero-order valence-corrected chi connectivity index (χ0v) is 11.7. The van der Waals surface area contributed by atoms with Crippen molar-refractivity contribution in [2.45, 2.75) is 38.3 Å². The Morgan fingerprint density at radius 3 is 2.86 bits per heavy atom. The van der Waals surface area contributed by atoms with Crippen molar-refractivity contribution in [3.63, 3.8) is 0 Å². The first-order valence-corrected chi connectivity index (χ1v) is 7.24. The predicted molar refractivity (Wildman–Crippen MR) is 78.2 cm³/mol. The quantitative estimate of drug-likeness (QED) is 0.933. The van der Waals surface area contributed by atoms with Gasteiger partial charge in [0.2, 0.25) is 0 Å². The third kappa shape index (κ3) is 3.05. The van der Waals surface area contributed by atoms with Crippen LogP contribution in [0.15, 0.2) is 30.5 Å². The molecule has 0 saturated heterocycles. The van der Waals surface area contributed by atoms with E-state index in [1.807, 2.05) is 23.0 Å². The van der Waals surface area contributed by atoms with E-state index in [9.17, 15) is 4.39 Å². The highest BCUT2D eigenvalue weighted by molar-refractivity contribution is 5.48. The summed E-state index contributed by atoms with van der Waals surface area (Å²) in [5.41, 5.74) is 1.61. The van der Waals surface area contributed by atoms with Gasteiger partial charge in [0, 0.05) is 6.20 Å². The van der Waals surface area contributed by atoms with Crippen LogP contribution in [0.3, 0.4) is 0 Å². The molecule has 1 heterocycles. The molecule has 1 N–H and O–H groups in total. The van der Waals surface area contributed by atoms with E-state index in [2.05, 4.69) is 10.4 Å². The summed E-state index contributed by atoms with van der Waals surface area (Å²) in [6.45, 7) is 0.475. The van der Waals surface area contributed by atoms with E-state index in [1.54, 1.807) is 12.1 Å². The van der Waals surface area contributed by atoms with Crippen LogP contribution >= 0.6 is 0 Å². The highest BCUT2D eigenvalue weighted by Crippen LogP contribution is 2.28. The third-order valence-electron chi connectivity index (χ3n) is 3.92. The summed E-state index contributed by atoms with van der Waals surface area (Å²) in [5.74, 6) is -0.413. The van der Waals surface area contributed by atoms with Crippen molar-refractivity contribution in [1.29, 1.82) is 5.26 Å². The number of halogens is 1. The molecule has 0 amide bonds. The minimum absolute atomic E-state index is 0.323. The van der Waals surface area contributed by atoms with Crippen molar-refractivity contribution in [3.8, 4) is 6.07 Å². The van der Waals surface area contributed by atoms with Crippen LogP contribution in [0.2, 0.25) is 0 Å². The average Bonchev–Trinajstić information content (AvgIpc) is 3.16. The topological polar surface area (TPSA) is 53.6 Å². The maximum Gasteiger partial charge on any atom is 0.147 e. The van der Waals surface area contributed by atoms with Crippen LogP contribution in [-0.4, -0.2) is 9.78 Å². The lowest BCUT2D eigenvalue weighted by atomic mass is 10.2. The molecular formula is C16H17FN4. The third-order valence-corrected chi connectivity index (χ3v) is 3.92. The largest absolute Gasteiger partial charge is 0.377 e. The van der Waals surface area contributed by atoms with Gasteiger partial charge in [0.15, 0.2) is 0 Å². The average molecular weight is 284 g/mol. The van der Waals surface area contributed by atoms with E-state index in [0.717, 1.165) is 5.69 Å². The lowest BCUT2D eigenvalue weighted by Gasteiger charge is -2.09. The van der Waals surface area contributed by atoms with Crippen LogP contribution in [0.5, 0.6) is 0 Å². The molecule has 3 rings (SSSR count). The second-order valence-corrected chi connectivity index (χ2v) is 5.39. The molecule has 1 aliphatic carbocycles. The predicted octanol–water partition coefficient (Wildman–Crippen LogP) is 3.62. The van der Waals surface area contributed by atoms with E-state index in [4.69, 9.17) is 5.26 Å². The number of nitrogens with one attached hydrogen (secondary N) is 1. The zero-order chi connectivity index (χ0) is 14.7. The molecule has 108 valence electrons. The Kier molecular flexibility index (Phi) is 3.87. The summed E-state index contributed by atoms with van der Waals surface area (Å²) in [6, 6.07) is 8.82. The van der Waals surface area contributed by atoms with Crippen LogP contribution in [0.1, 0.15) is 43.0 Å². The Balaban J connectivity index is 1.64. The van der Waals surface area contributed by atoms with Gasteiger partial charge in [-0.05, 0) is 37.1 Å². The summed E-state index contributed by atoms with van der Waals surface area (Å²) < 4.78 is 15.8. The zero-order valence-electron chi connectivity index (χ0n) is 11.7. The molecule has 0 atom stereocenters. The molecule has 1 aromatic heterocycles. The van der Waals surface area contributed by atoms with E-state index >= 15 is 0 Å². The second kappa shape index (κ2) is 5.96. The van der Waals surface area contributed by atoms with Crippen LogP contribution < -0.4 is 5.32 Å². The number of aromatic nitrogens is 2. The Morgan fingerprint density at radius 1 is 1.33 bits per heavy atom. The molecule has 1 saturated carbocycles. The van der Waals surface area contributed by atoms with Gasteiger partial charge in [-0.25, -0.2) is 4.39 Å².